The standard InChI is InChI=1S/C14H24N2O4S/c1-14(2)6-4-3-5-10(14)9-21(18,19)16-7-11-12(8-16)20-13(17)15-11/h10-12H,3-9H2,1-2H3,(H,15,17)/t10?,11-,12+/m0/s1. The molecule has 120 valence electrons. The number of nitrogens with one attached hydrogen (secondary N) is 1. The van der Waals surface area contributed by atoms with Crippen molar-refractivity contribution in [2.24, 2.45) is 11.3 Å². The number of hydrogen-bond donors (Lipinski definition) is 1. The molecule has 6 nitrogen and oxygen atoms in total. The van der Waals surface area contributed by atoms with Crippen molar-refractivity contribution in [3.05, 3.63) is 0 Å². The van der Waals surface area contributed by atoms with E-state index in [-0.39, 0.29) is 29.2 Å². The molecule has 3 atom stereocenters. The molecule has 0 spiro atoms. The van der Waals surface area contributed by atoms with E-state index in [1.807, 2.05) is 0 Å². The van der Waals surface area contributed by atoms with Crippen LogP contribution < -0.4 is 5.32 Å². The first-order chi connectivity index (χ1) is 9.78. The van der Waals surface area contributed by atoms with Gasteiger partial charge in [0.05, 0.1) is 18.3 Å². The number of nitrogens with zero attached hydrogens (tertiary/aromatic N) is 1. The molecule has 2 heterocycles. The summed E-state index contributed by atoms with van der Waals surface area (Å²) in [7, 11) is -3.29. The molecule has 3 aliphatic rings. The lowest BCUT2D eigenvalue weighted by molar-refractivity contribution is 0.137. The van der Waals surface area contributed by atoms with Gasteiger partial charge >= 0.3 is 6.09 Å². The highest BCUT2D eigenvalue weighted by atomic mass is 32.2. The van der Waals surface area contributed by atoms with Crippen LogP contribution in [0.25, 0.3) is 0 Å². The number of amides is 1. The van der Waals surface area contributed by atoms with E-state index in [0.717, 1.165) is 19.3 Å². The topological polar surface area (TPSA) is 75.7 Å². The predicted molar refractivity (Wildman–Crippen MR) is 78.3 cm³/mol. The first-order valence-electron chi connectivity index (χ1n) is 7.73. The van der Waals surface area contributed by atoms with Crippen molar-refractivity contribution in [3.8, 4) is 0 Å². The van der Waals surface area contributed by atoms with Crippen LogP contribution in [0.4, 0.5) is 4.79 Å². The Morgan fingerprint density at radius 1 is 1.33 bits per heavy atom. The van der Waals surface area contributed by atoms with Gasteiger partial charge < -0.3 is 10.1 Å². The van der Waals surface area contributed by atoms with Crippen molar-refractivity contribution in [2.45, 2.75) is 51.7 Å². The Kier molecular flexibility index (Phi) is 3.68. The molecule has 0 radical (unpaired) electrons. The van der Waals surface area contributed by atoms with E-state index in [1.54, 1.807) is 0 Å². The van der Waals surface area contributed by atoms with Crippen LogP contribution in [0.3, 0.4) is 0 Å². The third kappa shape index (κ3) is 2.90. The third-order valence-electron chi connectivity index (χ3n) is 5.33. The fourth-order valence-corrected chi connectivity index (χ4v) is 5.88. The fourth-order valence-electron chi connectivity index (χ4n) is 3.78. The highest BCUT2D eigenvalue weighted by molar-refractivity contribution is 7.89. The molecule has 7 heteroatoms. The van der Waals surface area contributed by atoms with Crippen molar-refractivity contribution in [1.29, 1.82) is 0 Å². The van der Waals surface area contributed by atoms with Crippen molar-refractivity contribution in [1.82, 2.24) is 9.62 Å². The van der Waals surface area contributed by atoms with Crippen LogP contribution >= 0.6 is 0 Å². The van der Waals surface area contributed by atoms with E-state index >= 15 is 0 Å². The van der Waals surface area contributed by atoms with Gasteiger partial charge in [0.15, 0.2) is 0 Å². The van der Waals surface area contributed by atoms with Gasteiger partial charge in [-0.15, -0.1) is 0 Å². The SMILES string of the molecule is CC1(C)CCCCC1CS(=O)(=O)N1C[C@@H]2NC(=O)O[C@@H]2C1. The minimum absolute atomic E-state index is 0.0889. The Morgan fingerprint density at radius 2 is 2.10 bits per heavy atom. The summed E-state index contributed by atoms with van der Waals surface area (Å²) in [6.07, 6.45) is 3.63. The Labute approximate surface area is 126 Å². The van der Waals surface area contributed by atoms with Crippen molar-refractivity contribution in [3.63, 3.8) is 0 Å². The first kappa shape index (κ1) is 15.1. The lowest BCUT2D eigenvalue weighted by atomic mass is 9.70. The zero-order chi connectivity index (χ0) is 15.3. The van der Waals surface area contributed by atoms with Crippen LogP contribution in [0.15, 0.2) is 0 Å². The number of hydrogen-bond acceptors (Lipinski definition) is 4. The van der Waals surface area contributed by atoms with Crippen LogP contribution in [0, 0.1) is 11.3 Å². The Hall–Kier alpha value is -0.820. The lowest BCUT2D eigenvalue weighted by Crippen LogP contribution is -2.41. The van der Waals surface area contributed by atoms with Gasteiger partial charge in [-0.25, -0.2) is 13.2 Å². The Balaban J connectivity index is 1.66. The highest BCUT2D eigenvalue weighted by Gasteiger charge is 2.47. The monoisotopic (exact) mass is 316 g/mol. The number of alkyl carbamates (subject to hydrolysis) is 1. The summed E-state index contributed by atoms with van der Waals surface area (Å²) >= 11 is 0. The van der Waals surface area contributed by atoms with Gasteiger partial charge in [0.2, 0.25) is 10.0 Å². The Bertz CT molecular complexity index is 515. The summed E-state index contributed by atoms with van der Waals surface area (Å²) < 4.78 is 31.9. The van der Waals surface area contributed by atoms with Crippen LogP contribution in [0.5, 0.6) is 0 Å². The smallest absolute Gasteiger partial charge is 0.407 e. The number of carbonyl (C=O) groups excluding carboxylic acids is 1. The summed E-state index contributed by atoms with van der Waals surface area (Å²) in [5, 5.41) is 2.67. The molecular weight excluding hydrogens is 292 g/mol. The second kappa shape index (κ2) is 5.12. The number of sulfonamides is 1. The van der Waals surface area contributed by atoms with Crippen LogP contribution in [0.1, 0.15) is 39.5 Å². The third-order valence-corrected chi connectivity index (χ3v) is 7.24. The summed E-state index contributed by atoms with van der Waals surface area (Å²) in [6.45, 7) is 4.98. The summed E-state index contributed by atoms with van der Waals surface area (Å²) in [5.41, 5.74) is 0.0889. The summed E-state index contributed by atoms with van der Waals surface area (Å²) in [4.78, 5) is 11.1. The van der Waals surface area contributed by atoms with Gasteiger partial charge in [-0.3, -0.25) is 0 Å². The minimum atomic E-state index is -3.29. The second-order valence-corrected chi connectivity index (χ2v) is 9.23. The van der Waals surface area contributed by atoms with Crippen LogP contribution in [-0.4, -0.2) is 49.8 Å². The quantitative estimate of drug-likeness (QED) is 0.852. The van der Waals surface area contributed by atoms with Gasteiger partial charge in [-0.05, 0) is 24.2 Å². The largest absolute Gasteiger partial charge is 0.443 e. The van der Waals surface area contributed by atoms with Gasteiger partial charge in [-0.1, -0.05) is 26.7 Å². The molecular formula is C14H24N2O4S. The molecule has 21 heavy (non-hydrogen) atoms. The average molecular weight is 316 g/mol. The zero-order valence-electron chi connectivity index (χ0n) is 12.7. The molecule has 2 aliphatic heterocycles. The second-order valence-electron chi connectivity index (χ2n) is 7.22. The maximum absolute atomic E-state index is 12.7. The van der Waals surface area contributed by atoms with Crippen molar-refractivity contribution < 1.29 is 17.9 Å². The normalized spacial score (nSPS) is 36.1. The summed E-state index contributed by atoms with van der Waals surface area (Å²) in [6, 6.07) is -0.188. The first-order valence-corrected chi connectivity index (χ1v) is 9.34. The molecule has 1 N–H and O–H groups in total. The van der Waals surface area contributed by atoms with Gasteiger partial charge in [0, 0.05) is 6.54 Å². The van der Waals surface area contributed by atoms with Gasteiger partial charge in [0.1, 0.15) is 6.10 Å². The number of fused-ring (bicyclic) bond motifs is 1. The maximum atomic E-state index is 12.7. The van der Waals surface area contributed by atoms with E-state index in [2.05, 4.69) is 19.2 Å². The van der Waals surface area contributed by atoms with Crippen LogP contribution in [-0.2, 0) is 14.8 Å². The van der Waals surface area contributed by atoms with Crippen molar-refractivity contribution in [2.75, 3.05) is 18.8 Å². The molecule has 0 aromatic rings. The Morgan fingerprint density at radius 3 is 2.76 bits per heavy atom. The molecule has 1 saturated carbocycles. The van der Waals surface area contributed by atoms with Crippen LogP contribution in [0.2, 0.25) is 0 Å². The zero-order valence-corrected chi connectivity index (χ0v) is 13.5. The molecule has 0 aromatic heterocycles. The minimum Gasteiger partial charge on any atom is -0.443 e. The van der Waals surface area contributed by atoms with E-state index in [4.69, 9.17) is 4.74 Å². The molecule has 1 aliphatic carbocycles. The van der Waals surface area contributed by atoms with Gasteiger partial charge in [0.25, 0.3) is 0 Å². The lowest BCUT2D eigenvalue weighted by Gasteiger charge is -2.39. The van der Waals surface area contributed by atoms with E-state index < -0.39 is 16.1 Å². The maximum Gasteiger partial charge on any atom is 0.407 e. The van der Waals surface area contributed by atoms with E-state index in [0.29, 0.717) is 13.1 Å². The molecule has 3 fully saturated rings. The van der Waals surface area contributed by atoms with E-state index in [9.17, 15) is 13.2 Å². The van der Waals surface area contributed by atoms with Gasteiger partial charge in [-0.2, -0.15) is 4.31 Å². The average Bonchev–Trinajstić information content (AvgIpc) is 2.89. The predicted octanol–water partition coefficient (Wildman–Crippen LogP) is 1.33. The summed E-state index contributed by atoms with van der Waals surface area (Å²) in [5.74, 6) is 0.431. The van der Waals surface area contributed by atoms with Crippen molar-refractivity contribution >= 4 is 16.1 Å². The number of rotatable bonds is 3. The molecule has 0 bridgehead atoms. The fraction of sp³-hybridized carbons (Fsp3) is 0.929. The molecule has 1 unspecified atom stereocenters. The number of ether oxygens (including phenoxy) is 1. The molecule has 1 amide bonds. The van der Waals surface area contributed by atoms with E-state index in [1.165, 1.54) is 10.7 Å². The highest BCUT2D eigenvalue weighted by Crippen LogP contribution is 2.41. The molecule has 3 rings (SSSR count). The molecule has 0 aromatic carbocycles. The number of carbonyl (C=O) groups is 1. The molecule has 2 saturated heterocycles.